The highest BCUT2D eigenvalue weighted by atomic mass is 16.4. The Bertz CT molecular complexity index is 323. The minimum Gasteiger partial charge on any atom is -0.481 e. The van der Waals surface area contributed by atoms with Crippen molar-refractivity contribution in [3.63, 3.8) is 0 Å². The number of carboxylic acids is 3. The average Bonchev–Trinajstić information content (AvgIpc) is 2.27. The van der Waals surface area contributed by atoms with Crippen LogP contribution >= 0.6 is 0 Å². The summed E-state index contributed by atoms with van der Waals surface area (Å²) in [5.41, 5.74) is -2.74. The molecule has 21 heavy (non-hydrogen) atoms. The lowest BCUT2D eigenvalue weighted by atomic mass is 9.96. The van der Waals surface area contributed by atoms with E-state index in [1.165, 1.54) is 0 Å². The van der Waals surface area contributed by atoms with Crippen LogP contribution in [0.25, 0.3) is 0 Å². The number of aliphatic carboxylic acids is 3. The summed E-state index contributed by atoms with van der Waals surface area (Å²) in [4.78, 5) is 32.3. The van der Waals surface area contributed by atoms with Crippen molar-refractivity contribution < 1.29 is 45.0 Å². The molecule has 0 aromatic carbocycles. The van der Waals surface area contributed by atoms with Crippen LogP contribution in [0.2, 0.25) is 0 Å². The Morgan fingerprint density at radius 3 is 1.43 bits per heavy atom. The lowest BCUT2D eigenvalue weighted by Gasteiger charge is -2.18. The second-order valence-electron chi connectivity index (χ2n) is 4.23. The van der Waals surface area contributed by atoms with Crippen LogP contribution in [0.15, 0.2) is 0 Å². The van der Waals surface area contributed by atoms with Crippen LogP contribution in [-0.2, 0) is 14.4 Å². The van der Waals surface area contributed by atoms with E-state index in [9.17, 15) is 14.4 Å². The zero-order chi connectivity index (χ0) is 17.1. The molecule has 0 radical (unpaired) electrons. The fraction of sp³-hybridized carbons (Fsp3) is 0.727. The van der Waals surface area contributed by atoms with E-state index in [0.29, 0.717) is 13.1 Å². The van der Waals surface area contributed by atoms with Crippen LogP contribution < -0.4 is 0 Å². The maximum Gasteiger partial charge on any atom is 0.336 e. The standard InChI is InChI=1S/C6H8O7.C5H13NO2/c7-3(8)1-6(13,5(11)12)2-4(9)10;1-6(2-4-7)3-5-8/h13H,1-2H2,(H,7,8)(H,9,10)(H,11,12);7-8H,2-5H2,1H3. The zero-order valence-electron chi connectivity index (χ0n) is 11.6. The molecule has 0 fully saturated rings. The van der Waals surface area contributed by atoms with Crippen LogP contribution in [0.3, 0.4) is 0 Å². The van der Waals surface area contributed by atoms with Gasteiger partial charge in [0.15, 0.2) is 5.60 Å². The lowest BCUT2D eigenvalue weighted by Crippen LogP contribution is -2.42. The van der Waals surface area contributed by atoms with E-state index in [1.54, 1.807) is 0 Å². The number of carboxylic acid groups (broad SMARTS) is 3. The van der Waals surface area contributed by atoms with E-state index >= 15 is 0 Å². The Hall–Kier alpha value is -1.75. The summed E-state index contributed by atoms with van der Waals surface area (Å²) in [5, 5.41) is 50.5. The summed E-state index contributed by atoms with van der Waals surface area (Å²) in [7, 11) is 1.85. The van der Waals surface area contributed by atoms with Gasteiger partial charge in [0.2, 0.25) is 0 Å². The molecular formula is C11H21NO9. The summed E-state index contributed by atoms with van der Waals surface area (Å²) < 4.78 is 0. The Labute approximate surface area is 120 Å². The van der Waals surface area contributed by atoms with Crippen LogP contribution in [0, 0.1) is 0 Å². The van der Waals surface area contributed by atoms with Gasteiger partial charge in [-0.3, -0.25) is 9.59 Å². The predicted molar refractivity (Wildman–Crippen MR) is 68.8 cm³/mol. The molecule has 0 aromatic rings. The van der Waals surface area contributed by atoms with Crippen molar-refractivity contribution >= 4 is 17.9 Å². The van der Waals surface area contributed by atoms with Gasteiger partial charge in [-0.25, -0.2) is 4.79 Å². The predicted octanol–water partition coefficient (Wildman–Crippen LogP) is -2.35. The first-order valence-corrected chi connectivity index (χ1v) is 5.88. The van der Waals surface area contributed by atoms with Gasteiger partial charge in [0.1, 0.15) is 0 Å². The van der Waals surface area contributed by atoms with E-state index in [1.807, 2.05) is 11.9 Å². The Morgan fingerprint density at radius 2 is 1.24 bits per heavy atom. The molecule has 0 unspecified atom stereocenters. The van der Waals surface area contributed by atoms with Gasteiger partial charge in [-0.15, -0.1) is 0 Å². The molecule has 0 aromatic heterocycles. The van der Waals surface area contributed by atoms with Gasteiger partial charge >= 0.3 is 17.9 Å². The highest BCUT2D eigenvalue weighted by Crippen LogP contribution is 2.15. The molecule has 0 saturated carbocycles. The molecule has 6 N–H and O–H groups in total. The van der Waals surface area contributed by atoms with Gasteiger partial charge in [-0.05, 0) is 7.05 Å². The van der Waals surface area contributed by atoms with Crippen molar-refractivity contribution in [2.45, 2.75) is 18.4 Å². The summed E-state index contributed by atoms with van der Waals surface area (Å²) in [6.45, 7) is 1.61. The molecule has 10 heteroatoms. The summed E-state index contributed by atoms with van der Waals surface area (Å²) >= 11 is 0. The molecule has 0 rings (SSSR count). The molecule has 0 aliphatic rings. The van der Waals surface area contributed by atoms with Crippen molar-refractivity contribution in [1.29, 1.82) is 0 Å². The van der Waals surface area contributed by atoms with Crippen molar-refractivity contribution in [3.8, 4) is 0 Å². The molecule has 124 valence electrons. The van der Waals surface area contributed by atoms with Gasteiger partial charge in [0, 0.05) is 13.1 Å². The maximum atomic E-state index is 10.3. The Morgan fingerprint density at radius 1 is 0.905 bits per heavy atom. The van der Waals surface area contributed by atoms with E-state index < -0.39 is 36.4 Å². The minimum absolute atomic E-state index is 0.163. The topological polar surface area (TPSA) is 176 Å². The van der Waals surface area contributed by atoms with Crippen LogP contribution in [0.1, 0.15) is 12.8 Å². The number of aliphatic hydroxyl groups is 3. The molecule has 0 heterocycles. The second kappa shape index (κ2) is 11.0. The van der Waals surface area contributed by atoms with E-state index in [-0.39, 0.29) is 13.2 Å². The van der Waals surface area contributed by atoms with Gasteiger partial charge in [-0.1, -0.05) is 0 Å². The highest BCUT2D eigenvalue weighted by molar-refractivity contribution is 5.88. The maximum absolute atomic E-state index is 10.3. The third-order valence-electron chi connectivity index (χ3n) is 2.25. The number of carbonyl (C=O) groups is 3. The second-order valence-corrected chi connectivity index (χ2v) is 4.23. The first-order valence-electron chi connectivity index (χ1n) is 5.88. The van der Waals surface area contributed by atoms with Crippen molar-refractivity contribution in [2.75, 3.05) is 33.4 Å². The molecule has 0 saturated heterocycles. The molecule has 0 aliphatic heterocycles. The summed E-state index contributed by atoms with van der Waals surface area (Å²) in [6, 6.07) is 0. The fourth-order valence-corrected chi connectivity index (χ4v) is 1.17. The molecule has 0 aliphatic carbocycles. The van der Waals surface area contributed by atoms with Crippen molar-refractivity contribution in [3.05, 3.63) is 0 Å². The Balaban J connectivity index is 0. The smallest absolute Gasteiger partial charge is 0.336 e. The largest absolute Gasteiger partial charge is 0.481 e. The van der Waals surface area contributed by atoms with Gasteiger partial charge in [-0.2, -0.15) is 0 Å². The van der Waals surface area contributed by atoms with Gasteiger partial charge < -0.3 is 35.5 Å². The third-order valence-corrected chi connectivity index (χ3v) is 2.25. The number of likely N-dealkylation sites (N-methyl/N-ethyl adjacent to an activating group) is 1. The quantitative estimate of drug-likeness (QED) is 0.270. The first-order chi connectivity index (χ1) is 9.58. The first kappa shape index (κ1) is 21.5. The summed E-state index contributed by atoms with van der Waals surface area (Å²) in [6.07, 6.45) is -2.29. The number of rotatable bonds is 9. The molecule has 0 spiro atoms. The van der Waals surface area contributed by atoms with Crippen LogP contribution in [0.5, 0.6) is 0 Å². The molecule has 0 atom stereocenters. The number of nitrogens with zero attached hydrogens (tertiary/aromatic N) is 1. The number of aliphatic hydroxyl groups excluding tert-OH is 2. The van der Waals surface area contributed by atoms with Crippen LogP contribution in [0.4, 0.5) is 0 Å². The highest BCUT2D eigenvalue weighted by Gasteiger charge is 2.40. The summed E-state index contributed by atoms with van der Waals surface area (Å²) in [5.74, 6) is -5.02. The average molecular weight is 311 g/mol. The lowest BCUT2D eigenvalue weighted by molar-refractivity contribution is -0.170. The van der Waals surface area contributed by atoms with Crippen molar-refractivity contribution in [2.24, 2.45) is 0 Å². The molecule has 10 nitrogen and oxygen atoms in total. The van der Waals surface area contributed by atoms with E-state index in [4.69, 9.17) is 30.6 Å². The van der Waals surface area contributed by atoms with Crippen molar-refractivity contribution in [1.82, 2.24) is 4.90 Å². The van der Waals surface area contributed by atoms with E-state index in [0.717, 1.165) is 0 Å². The monoisotopic (exact) mass is 311 g/mol. The zero-order valence-corrected chi connectivity index (χ0v) is 11.6. The SMILES string of the molecule is CN(CCO)CCO.O=C(O)CC(O)(CC(=O)O)C(=O)O. The normalized spacial score (nSPS) is 10.7. The van der Waals surface area contributed by atoms with Gasteiger partial charge in [0.25, 0.3) is 0 Å². The van der Waals surface area contributed by atoms with Crippen LogP contribution in [-0.4, -0.2) is 92.4 Å². The van der Waals surface area contributed by atoms with Gasteiger partial charge in [0.05, 0.1) is 26.1 Å². The molecule has 0 amide bonds. The Kier molecular flexibility index (Phi) is 11.3. The number of hydrogen-bond donors (Lipinski definition) is 6. The fourth-order valence-electron chi connectivity index (χ4n) is 1.17. The third kappa shape index (κ3) is 11.8. The molecule has 0 bridgehead atoms. The number of hydrogen-bond acceptors (Lipinski definition) is 7. The van der Waals surface area contributed by atoms with E-state index in [2.05, 4.69) is 0 Å². The molecular weight excluding hydrogens is 290 g/mol. The minimum atomic E-state index is -2.74.